The van der Waals surface area contributed by atoms with Gasteiger partial charge in [0.15, 0.2) is 0 Å². The van der Waals surface area contributed by atoms with Crippen LogP contribution < -0.4 is 5.32 Å². The molecule has 0 aliphatic carbocycles. The Labute approximate surface area is 140 Å². The van der Waals surface area contributed by atoms with Gasteiger partial charge in [0, 0.05) is 36.7 Å². The number of imidazole rings is 1. The fourth-order valence-electron chi connectivity index (χ4n) is 2.89. The highest BCUT2D eigenvalue weighted by atomic mass is 16.5. The van der Waals surface area contributed by atoms with Crippen molar-refractivity contribution in [3.63, 3.8) is 0 Å². The van der Waals surface area contributed by atoms with Crippen molar-refractivity contribution in [1.82, 2.24) is 19.9 Å². The minimum absolute atomic E-state index is 0.268. The highest BCUT2D eigenvalue weighted by Crippen LogP contribution is 2.28. The summed E-state index contributed by atoms with van der Waals surface area (Å²) in [7, 11) is 0. The zero-order valence-corrected chi connectivity index (χ0v) is 13.3. The first-order valence-electron chi connectivity index (χ1n) is 8.17. The van der Waals surface area contributed by atoms with E-state index < -0.39 is 0 Å². The molecular formula is C18H19N5O. The van der Waals surface area contributed by atoms with Gasteiger partial charge in [0.25, 0.3) is 0 Å². The van der Waals surface area contributed by atoms with Crippen molar-refractivity contribution in [2.24, 2.45) is 0 Å². The van der Waals surface area contributed by atoms with Crippen LogP contribution in [0, 0.1) is 0 Å². The maximum absolute atomic E-state index is 5.59. The Morgan fingerprint density at radius 3 is 2.67 bits per heavy atom. The van der Waals surface area contributed by atoms with E-state index in [0.717, 1.165) is 48.5 Å². The van der Waals surface area contributed by atoms with Gasteiger partial charge < -0.3 is 15.0 Å². The number of nitrogens with zero attached hydrogens (tertiary/aromatic N) is 3. The molecule has 1 aromatic carbocycles. The molecule has 2 aromatic heterocycles. The molecule has 24 heavy (non-hydrogen) atoms. The molecule has 1 unspecified atom stereocenters. The van der Waals surface area contributed by atoms with E-state index in [4.69, 9.17) is 4.74 Å². The van der Waals surface area contributed by atoms with Gasteiger partial charge in [-0.15, -0.1) is 0 Å². The highest BCUT2D eigenvalue weighted by molar-refractivity contribution is 5.77. The van der Waals surface area contributed by atoms with Crippen molar-refractivity contribution in [2.75, 3.05) is 18.5 Å². The minimum atomic E-state index is 0.268. The molecule has 0 saturated carbocycles. The number of aromatic nitrogens is 4. The summed E-state index contributed by atoms with van der Waals surface area (Å²) in [5.74, 6) is 0.617. The molecule has 1 saturated heterocycles. The van der Waals surface area contributed by atoms with Gasteiger partial charge in [0.1, 0.15) is 0 Å². The summed E-state index contributed by atoms with van der Waals surface area (Å²) < 4.78 is 5.59. The quantitative estimate of drug-likeness (QED) is 0.755. The van der Waals surface area contributed by atoms with E-state index in [0.29, 0.717) is 5.95 Å². The Morgan fingerprint density at radius 1 is 1.08 bits per heavy atom. The molecule has 0 amide bonds. The predicted octanol–water partition coefficient (Wildman–Crippen LogP) is 3.12. The van der Waals surface area contributed by atoms with Crippen LogP contribution in [0.3, 0.4) is 0 Å². The summed E-state index contributed by atoms with van der Waals surface area (Å²) in [6, 6.07) is 10.1. The molecule has 3 heterocycles. The molecule has 4 rings (SSSR count). The van der Waals surface area contributed by atoms with Gasteiger partial charge in [0.05, 0.1) is 23.8 Å². The third-order valence-electron chi connectivity index (χ3n) is 4.14. The average molecular weight is 321 g/mol. The van der Waals surface area contributed by atoms with Gasteiger partial charge in [-0.2, -0.15) is 0 Å². The molecule has 1 aliphatic rings. The summed E-state index contributed by atoms with van der Waals surface area (Å²) in [6.45, 7) is 1.60. The van der Waals surface area contributed by atoms with Crippen LogP contribution in [-0.4, -0.2) is 39.2 Å². The fourth-order valence-corrected chi connectivity index (χ4v) is 2.89. The molecule has 1 atom stereocenters. The number of H-pyrrole nitrogens is 1. The Bertz CT molecular complexity index is 779. The molecule has 0 bridgehead atoms. The van der Waals surface area contributed by atoms with E-state index in [9.17, 15) is 0 Å². The standard InChI is InChI=1S/C18H19N5O/c1-2-5-13(6-3-1)16-17(23-12-22-16)14-9-19-18(20-10-14)21-11-15-7-4-8-24-15/h1-3,5-6,9-10,12,15H,4,7-8,11H2,(H,22,23)(H,19,20,21). The third-order valence-corrected chi connectivity index (χ3v) is 4.14. The molecule has 2 N–H and O–H groups in total. The van der Waals surface area contributed by atoms with Crippen molar-refractivity contribution < 1.29 is 4.74 Å². The number of rotatable bonds is 5. The van der Waals surface area contributed by atoms with Crippen molar-refractivity contribution in [2.45, 2.75) is 18.9 Å². The molecule has 3 aromatic rings. The maximum atomic E-state index is 5.59. The van der Waals surface area contributed by atoms with Crippen LogP contribution in [0.25, 0.3) is 22.5 Å². The monoisotopic (exact) mass is 321 g/mol. The summed E-state index contributed by atoms with van der Waals surface area (Å²) >= 11 is 0. The zero-order chi connectivity index (χ0) is 16.2. The van der Waals surface area contributed by atoms with E-state index in [1.165, 1.54) is 0 Å². The molecule has 1 fully saturated rings. The lowest BCUT2D eigenvalue weighted by Crippen LogP contribution is -2.19. The Kier molecular flexibility index (Phi) is 4.20. The number of hydrogen-bond donors (Lipinski definition) is 2. The van der Waals surface area contributed by atoms with Gasteiger partial charge >= 0.3 is 0 Å². The van der Waals surface area contributed by atoms with E-state index in [1.807, 2.05) is 18.2 Å². The van der Waals surface area contributed by atoms with Crippen LogP contribution in [0.2, 0.25) is 0 Å². The second-order valence-corrected chi connectivity index (χ2v) is 5.80. The number of hydrogen-bond acceptors (Lipinski definition) is 5. The van der Waals surface area contributed by atoms with Crippen LogP contribution in [-0.2, 0) is 4.74 Å². The van der Waals surface area contributed by atoms with E-state index in [2.05, 4.69) is 37.4 Å². The number of aromatic amines is 1. The molecule has 6 nitrogen and oxygen atoms in total. The lowest BCUT2D eigenvalue weighted by molar-refractivity contribution is 0.120. The molecule has 0 spiro atoms. The van der Waals surface area contributed by atoms with Crippen molar-refractivity contribution >= 4 is 5.95 Å². The smallest absolute Gasteiger partial charge is 0.222 e. The first-order valence-corrected chi connectivity index (χ1v) is 8.17. The second-order valence-electron chi connectivity index (χ2n) is 5.80. The van der Waals surface area contributed by atoms with Gasteiger partial charge in [-0.25, -0.2) is 15.0 Å². The normalized spacial score (nSPS) is 17.1. The topological polar surface area (TPSA) is 75.7 Å². The number of benzene rings is 1. The van der Waals surface area contributed by atoms with E-state index in [1.54, 1.807) is 18.7 Å². The third kappa shape index (κ3) is 3.14. The minimum Gasteiger partial charge on any atom is -0.376 e. The van der Waals surface area contributed by atoms with Crippen LogP contribution in [0.1, 0.15) is 12.8 Å². The highest BCUT2D eigenvalue weighted by Gasteiger charge is 2.15. The second kappa shape index (κ2) is 6.80. The van der Waals surface area contributed by atoms with Gasteiger partial charge in [-0.1, -0.05) is 30.3 Å². The first kappa shape index (κ1) is 14.8. The Morgan fingerprint density at radius 2 is 1.92 bits per heavy atom. The maximum Gasteiger partial charge on any atom is 0.222 e. The fraction of sp³-hybridized carbons (Fsp3) is 0.278. The molecule has 0 radical (unpaired) electrons. The van der Waals surface area contributed by atoms with Crippen LogP contribution in [0.4, 0.5) is 5.95 Å². The van der Waals surface area contributed by atoms with Crippen molar-refractivity contribution in [3.8, 4) is 22.5 Å². The molecular weight excluding hydrogens is 302 g/mol. The number of nitrogens with one attached hydrogen (secondary N) is 2. The largest absolute Gasteiger partial charge is 0.376 e. The van der Waals surface area contributed by atoms with Gasteiger partial charge in [-0.05, 0) is 12.8 Å². The van der Waals surface area contributed by atoms with Crippen LogP contribution in [0.5, 0.6) is 0 Å². The van der Waals surface area contributed by atoms with Crippen LogP contribution in [0.15, 0.2) is 49.1 Å². The van der Waals surface area contributed by atoms with E-state index in [-0.39, 0.29) is 6.10 Å². The first-order chi connectivity index (χ1) is 11.9. The lowest BCUT2D eigenvalue weighted by atomic mass is 10.1. The number of ether oxygens (including phenoxy) is 1. The SMILES string of the molecule is c1ccc(-c2[nH]cnc2-c2cnc(NCC3CCCO3)nc2)cc1. The molecule has 122 valence electrons. The predicted molar refractivity (Wildman–Crippen MR) is 92.5 cm³/mol. The zero-order valence-electron chi connectivity index (χ0n) is 13.3. The van der Waals surface area contributed by atoms with Gasteiger partial charge in [0.2, 0.25) is 5.95 Å². The van der Waals surface area contributed by atoms with Crippen molar-refractivity contribution in [3.05, 3.63) is 49.1 Å². The van der Waals surface area contributed by atoms with Gasteiger partial charge in [-0.3, -0.25) is 0 Å². The summed E-state index contributed by atoms with van der Waals surface area (Å²) in [6.07, 6.45) is 7.79. The average Bonchev–Trinajstić information content (AvgIpc) is 3.33. The molecule has 6 heteroatoms. The summed E-state index contributed by atoms with van der Waals surface area (Å²) in [5.41, 5.74) is 3.80. The Balaban J connectivity index is 1.50. The Hall–Kier alpha value is -2.73. The number of anilines is 1. The summed E-state index contributed by atoms with van der Waals surface area (Å²) in [5, 5.41) is 3.23. The lowest BCUT2D eigenvalue weighted by Gasteiger charge is -2.10. The molecule has 1 aliphatic heterocycles. The van der Waals surface area contributed by atoms with Crippen LogP contribution >= 0.6 is 0 Å². The summed E-state index contributed by atoms with van der Waals surface area (Å²) in [4.78, 5) is 16.4. The van der Waals surface area contributed by atoms with Crippen molar-refractivity contribution in [1.29, 1.82) is 0 Å². The van der Waals surface area contributed by atoms with E-state index >= 15 is 0 Å².